The lowest BCUT2D eigenvalue weighted by Crippen LogP contribution is -2.76. The second kappa shape index (κ2) is 9.87. The molecule has 2 aromatic carbocycles. The van der Waals surface area contributed by atoms with Gasteiger partial charge in [-0.1, -0.05) is 18.2 Å². The average Bonchev–Trinajstić information content (AvgIpc) is 3.71. The number of hydrogen-bond acceptors (Lipinski definition) is 10. The van der Waals surface area contributed by atoms with E-state index in [9.17, 15) is 30.0 Å². The molecule has 10 heteroatoms. The quantitative estimate of drug-likeness (QED) is 0.360. The summed E-state index contributed by atoms with van der Waals surface area (Å²) < 4.78 is 12.0. The third-order valence-electron chi connectivity index (χ3n) is 14.3. The number of aliphatic hydroxyl groups is 2. The van der Waals surface area contributed by atoms with Crippen molar-refractivity contribution >= 4 is 11.6 Å². The molecule has 2 spiro atoms. The number of aromatic hydroxyl groups is 2. The summed E-state index contributed by atoms with van der Waals surface area (Å²) in [6.45, 7) is 7.31. The summed E-state index contributed by atoms with van der Waals surface area (Å²) in [5.74, 6) is 1.92. The van der Waals surface area contributed by atoms with E-state index in [2.05, 4.69) is 16.4 Å². The first-order chi connectivity index (χ1) is 23.6. The van der Waals surface area contributed by atoms with E-state index >= 15 is 0 Å². The topological polar surface area (TPSA) is 140 Å². The molecule has 49 heavy (non-hydrogen) atoms. The van der Waals surface area contributed by atoms with Gasteiger partial charge in [-0.15, -0.1) is 6.58 Å². The number of ketones is 2. The van der Waals surface area contributed by atoms with E-state index in [4.69, 9.17) is 9.47 Å². The Kier molecular flexibility index (Phi) is 6.12. The minimum absolute atomic E-state index is 0.0408. The molecule has 0 aromatic heterocycles. The predicted molar refractivity (Wildman–Crippen MR) is 177 cm³/mol. The van der Waals surface area contributed by atoms with Crippen LogP contribution in [0.3, 0.4) is 0 Å². The number of nitrogens with zero attached hydrogens (tertiary/aromatic N) is 2. The Morgan fingerprint density at radius 1 is 0.755 bits per heavy atom. The molecule has 2 saturated heterocycles. The second-order valence-electron chi connectivity index (χ2n) is 16.3. The number of benzene rings is 2. The first kappa shape index (κ1) is 30.4. The Morgan fingerprint density at radius 3 is 1.73 bits per heavy atom. The van der Waals surface area contributed by atoms with E-state index in [1.807, 2.05) is 18.2 Å². The van der Waals surface area contributed by atoms with Gasteiger partial charge in [0.1, 0.15) is 0 Å². The number of carbonyl (C=O) groups excluding carboxylic acids is 2. The van der Waals surface area contributed by atoms with Crippen molar-refractivity contribution in [3.05, 3.63) is 59.2 Å². The third kappa shape index (κ3) is 3.56. The number of phenols is 2. The molecule has 2 aromatic rings. The number of rotatable bonds is 4. The van der Waals surface area contributed by atoms with Crippen molar-refractivity contribution in [2.45, 2.75) is 111 Å². The van der Waals surface area contributed by atoms with Crippen LogP contribution in [-0.4, -0.2) is 103 Å². The smallest absolute Gasteiger partial charge is 0.174 e. The molecule has 4 N–H and O–H groups in total. The number of Topliss-reactive ketones (excluding diaryl/α,β-unsaturated/α-hetero) is 2. The number of piperidine rings is 2. The number of phenolic OH excluding ortho intramolecular Hbond substituents is 2. The van der Waals surface area contributed by atoms with E-state index in [1.54, 1.807) is 12.1 Å². The zero-order valence-corrected chi connectivity index (χ0v) is 27.7. The number of ether oxygens (including phenoxy) is 2. The molecule has 4 heterocycles. The maximum absolute atomic E-state index is 12.7. The lowest BCUT2D eigenvalue weighted by molar-refractivity contribution is -0.188. The Balaban J connectivity index is 0.000000125. The summed E-state index contributed by atoms with van der Waals surface area (Å²) in [7, 11) is 0. The molecule has 5 aliphatic carbocycles. The Bertz CT molecular complexity index is 1840. The van der Waals surface area contributed by atoms with Gasteiger partial charge in [0.05, 0.1) is 22.0 Å². The minimum Gasteiger partial charge on any atom is -0.504 e. The largest absolute Gasteiger partial charge is 0.504 e. The summed E-state index contributed by atoms with van der Waals surface area (Å²) in [5.41, 5.74) is 0.710. The van der Waals surface area contributed by atoms with Crippen LogP contribution in [-0.2, 0) is 33.3 Å². The maximum Gasteiger partial charge on any atom is 0.174 e. The van der Waals surface area contributed by atoms with Crippen LogP contribution in [0.5, 0.6) is 23.0 Å². The van der Waals surface area contributed by atoms with Crippen molar-refractivity contribution in [3.8, 4) is 23.0 Å². The third-order valence-corrected chi connectivity index (χ3v) is 14.3. The molecule has 3 saturated carbocycles. The molecule has 9 aliphatic rings. The van der Waals surface area contributed by atoms with Crippen LogP contribution < -0.4 is 9.47 Å². The molecule has 11 rings (SSSR count). The molecule has 4 bridgehead atoms. The van der Waals surface area contributed by atoms with E-state index in [1.165, 1.54) is 12.8 Å². The highest BCUT2D eigenvalue weighted by Crippen LogP contribution is 2.66. The van der Waals surface area contributed by atoms with Crippen LogP contribution in [0.25, 0.3) is 0 Å². The van der Waals surface area contributed by atoms with Crippen LogP contribution in [0.1, 0.15) is 73.6 Å². The molecule has 4 unspecified atom stereocenters. The van der Waals surface area contributed by atoms with E-state index < -0.39 is 34.2 Å². The number of carbonyl (C=O) groups is 2. The maximum atomic E-state index is 12.7. The van der Waals surface area contributed by atoms with Crippen LogP contribution in [0.2, 0.25) is 0 Å². The van der Waals surface area contributed by atoms with Crippen molar-refractivity contribution in [1.29, 1.82) is 0 Å². The van der Waals surface area contributed by atoms with Crippen LogP contribution in [0.15, 0.2) is 36.9 Å². The fourth-order valence-electron chi connectivity index (χ4n) is 12.1. The van der Waals surface area contributed by atoms with E-state index in [-0.39, 0.29) is 35.1 Å². The van der Waals surface area contributed by atoms with Crippen LogP contribution in [0, 0.1) is 5.92 Å². The second-order valence-corrected chi connectivity index (χ2v) is 16.3. The molecule has 5 fully saturated rings. The van der Waals surface area contributed by atoms with Gasteiger partial charge in [0.2, 0.25) is 0 Å². The highest BCUT2D eigenvalue weighted by molar-refractivity contribution is 5.91. The minimum atomic E-state index is -1.00. The molecule has 4 aliphatic heterocycles. The lowest BCUT2D eigenvalue weighted by Gasteiger charge is -2.62. The summed E-state index contributed by atoms with van der Waals surface area (Å²) in [6.07, 6.45) is 7.67. The van der Waals surface area contributed by atoms with Gasteiger partial charge >= 0.3 is 0 Å². The van der Waals surface area contributed by atoms with Crippen molar-refractivity contribution in [3.63, 3.8) is 0 Å². The molecular formula is C39H44N2O8. The fraction of sp³-hybridized carbons (Fsp3) is 0.590. The van der Waals surface area contributed by atoms with Gasteiger partial charge in [-0.25, -0.2) is 0 Å². The Labute approximate surface area is 285 Å². The zero-order chi connectivity index (χ0) is 33.7. The van der Waals surface area contributed by atoms with Crippen molar-refractivity contribution in [2.75, 3.05) is 26.2 Å². The first-order valence-electron chi connectivity index (χ1n) is 18.2. The summed E-state index contributed by atoms with van der Waals surface area (Å²) >= 11 is 0. The normalized spacial score (nSPS) is 40.4. The highest BCUT2D eigenvalue weighted by atomic mass is 16.5. The van der Waals surface area contributed by atoms with Crippen molar-refractivity contribution in [1.82, 2.24) is 9.80 Å². The Morgan fingerprint density at radius 2 is 1.24 bits per heavy atom. The summed E-state index contributed by atoms with van der Waals surface area (Å²) in [6, 6.07) is 7.21. The van der Waals surface area contributed by atoms with Crippen LogP contribution >= 0.6 is 0 Å². The molecule has 8 atom stereocenters. The predicted octanol–water partition coefficient (Wildman–Crippen LogP) is 2.83. The molecule has 258 valence electrons. The SMILES string of the molecule is C=CCN1CCC23c4c5ccc(O)c4O[C@H]2C(=O)CC[C@@]3(O)C1C5.O=C1CC[C@@]2(O)C3Cc4ccc(O)c5c4C2(CCN3CC2CC2)[C@H]1O5. The fourth-order valence-corrected chi connectivity index (χ4v) is 12.1. The van der Waals surface area contributed by atoms with Gasteiger partial charge < -0.3 is 29.9 Å². The van der Waals surface area contributed by atoms with Gasteiger partial charge in [0.15, 0.2) is 46.8 Å². The highest BCUT2D eigenvalue weighted by Gasteiger charge is 2.74. The Hall–Kier alpha value is -3.44. The lowest BCUT2D eigenvalue weighted by atomic mass is 9.49. The molecule has 0 radical (unpaired) electrons. The average molecular weight is 669 g/mol. The summed E-state index contributed by atoms with van der Waals surface area (Å²) in [5, 5.41) is 44.4. The standard InChI is InChI=1S/C20H23NO4.C19H21NO4/c22-13-4-3-12-9-15-20(24)6-5-14(23)18-19(20,16(12)17(13)25-18)7-8-21(15)10-11-1-2-11;1-2-8-20-9-7-18-15-11-3-4-12(21)16(15)24-17(18)13(22)5-6-19(18,23)14(20)10-11/h3-4,11,15,18,22,24H,1-2,5-10H2;2-4,14,17,21,23H,1,5-10H2/t15?,18-,19?,20+;14?,17-,18?,19+/m00/s1. The number of hydrogen-bond donors (Lipinski definition) is 4. The van der Waals surface area contributed by atoms with Crippen molar-refractivity contribution < 1.29 is 39.5 Å². The van der Waals surface area contributed by atoms with Gasteiger partial charge in [-0.2, -0.15) is 0 Å². The molecular weight excluding hydrogens is 624 g/mol. The van der Waals surface area contributed by atoms with E-state index in [0.717, 1.165) is 67.2 Å². The van der Waals surface area contributed by atoms with Gasteiger partial charge in [0, 0.05) is 55.7 Å². The monoisotopic (exact) mass is 668 g/mol. The van der Waals surface area contributed by atoms with Gasteiger partial charge in [-0.3, -0.25) is 19.4 Å². The van der Waals surface area contributed by atoms with Crippen LogP contribution in [0.4, 0.5) is 0 Å². The number of likely N-dealkylation sites (tertiary alicyclic amines) is 2. The van der Waals surface area contributed by atoms with E-state index in [0.29, 0.717) is 50.0 Å². The van der Waals surface area contributed by atoms with Gasteiger partial charge in [-0.05, 0) is 87.1 Å². The van der Waals surface area contributed by atoms with Gasteiger partial charge in [0.25, 0.3) is 0 Å². The first-order valence-corrected chi connectivity index (χ1v) is 18.2. The zero-order valence-electron chi connectivity index (χ0n) is 27.7. The molecule has 0 amide bonds. The molecule has 10 nitrogen and oxygen atoms in total. The van der Waals surface area contributed by atoms with Crippen molar-refractivity contribution in [2.24, 2.45) is 5.92 Å². The summed E-state index contributed by atoms with van der Waals surface area (Å²) in [4.78, 5) is 30.1.